The molecule has 1 aliphatic heterocycles. The molecule has 3 rings (SSSR count). The summed E-state index contributed by atoms with van der Waals surface area (Å²) < 4.78 is 28.4. The van der Waals surface area contributed by atoms with Gasteiger partial charge in [-0.05, 0) is 30.2 Å². The molecule has 0 bridgehead atoms. The first-order chi connectivity index (χ1) is 9.97. The number of anilines is 1. The van der Waals surface area contributed by atoms with Crippen molar-refractivity contribution in [3.63, 3.8) is 0 Å². The molecule has 0 saturated carbocycles. The molecule has 2 heterocycles. The normalized spacial score (nSPS) is 18.6. The van der Waals surface area contributed by atoms with Gasteiger partial charge in [0.15, 0.2) is 0 Å². The average Bonchev–Trinajstić information content (AvgIpc) is 2.90. The van der Waals surface area contributed by atoms with E-state index in [2.05, 4.69) is 9.62 Å². The summed E-state index contributed by atoms with van der Waals surface area (Å²) in [5.74, 6) is 0. The Morgan fingerprint density at radius 1 is 1.29 bits per heavy atom. The van der Waals surface area contributed by atoms with Gasteiger partial charge < -0.3 is 4.90 Å². The number of hydrogen-bond acceptors (Lipinski definition) is 4. The Bertz CT molecular complexity index is 758. The second-order valence-corrected chi connectivity index (χ2v) is 8.66. The Labute approximate surface area is 133 Å². The number of nitrogens with zero attached hydrogens (tertiary/aromatic N) is 1. The molecule has 1 aliphatic rings. The van der Waals surface area contributed by atoms with Crippen molar-refractivity contribution in [2.75, 3.05) is 18.5 Å². The minimum Gasteiger partial charge on any atom is -0.374 e. The van der Waals surface area contributed by atoms with E-state index in [0.29, 0.717) is 4.34 Å². The fraction of sp³-hybridized carbons (Fsp3) is 0.286. The van der Waals surface area contributed by atoms with Crippen LogP contribution in [0.1, 0.15) is 18.0 Å². The molecule has 0 spiro atoms. The van der Waals surface area contributed by atoms with Gasteiger partial charge in [-0.3, -0.25) is 0 Å². The van der Waals surface area contributed by atoms with E-state index in [4.69, 9.17) is 11.6 Å². The Morgan fingerprint density at radius 3 is 2.76 bits per heavy atom. The first kappa shape index (κ1) is 14.8. The van der Waals surface area contributed by atoms with Crippen LogP contribution in [0.4, 0.5) is 5.69 Å². The highest BCUT2D eigenvalue weighted by molar-refractivity contribution is 7.91. The van der Waals surface area contributed by atoms with Crippen LogP contribution in [-0.4, -0.2) is 22.0 Å². The molecule has 1 N–H and O–H groups in total. The highest BCUT2D eigenvalue weighted by Gasteiger charge is 2.28. The number of para-hydroxylation sites is 1. The van der Waals surface area contributed by atoms with Crippen LogP contribution in [0.25, 0.3) is 0 Å². The molecule has 0 saturated heterocycles. The zero-order valence-corrected chi connectivity index (χ0v) is 13.8. The van der Waals surface area contributed by atoms with Crippen LogP contribution < -0.4 is 9.62 Å². The number of thiophene rings is 1. The molecule has 112 valence electrons. The van der Waals surface area contributed by atoms with E-state index < -0.39 is 10.0 Å². The first-order valence-corrected chi connectivity index (χ1v) is 9.23. The summed E-state index contributed by atoms with van der Waals surface area (Å²) in [6.45, 7) is 0.815. The van der Waals surface area contributed by atoms with Crippen LogP contribution >= 0.6 is 22.9 Å². The predicted molar refractivity (Wildman–Crippen MR) is 86.7 cm³/mol. The predicted octanol–water partition coefficient (Wildman–Crippen LogP) is 3.26. The second-order valence-electron chi connectivity index (χ2n) is 5.00. The number of sulfonamides is 1. The van der Waals surface area contributed by atoms with Crippen LogP contribution in [0.2, 0.25) is 4.34 Å². The lowest BCUT2D eigenvalue weighted by Crippen LogP contribution is -2.36. The molecule has 4 nitrogen and oxygen atoms in total. The van der Waals surface area contributed by atoms with Gasteiger partial charge in [0.05, 0.1) is 10.4 Å². The van der Waals surface area contributed by atoms with Crippen LogP contribution in [0.5, 0.6) is 0 Å². The summed E-state index contributed by atoms with van der Waals surface area (Å²) in [6.07, 6.45) is 0.742. The zero-order valence-electron chi connectivity index (χ0n) is 11.4. The van der Waals surface area contributed by atoms with Gasteiger partial charge in [-0.1, -0.05) is 29.8 Å². The molecule has 0 radical (unpaired) electrons. The third kappa shape index (κ3) is 2.94. The van der Waals surface area contributed by atoms with Crippen LogP contribution in [0.15, 0.2) is 40.6 Å². The minimum atomic E-state index is -3.53. The van der Waals surface area contributed by atoms with Crippen molar-refractivity contribution in [3.8, 4) is 0 Å². The van der Waals surface area contributed by atoms with E-state index in [-0.39, 0.29) is 10.3 Å². The van der Waals surface area contributed by atoms with Crippen molar-refractivity contribution in [1.82, 2.24) is 4.72 Å². The van der Waals surface area contributed by atoms with Gasteiger partial charge in [-0.15, -0.1) is 11.3 Å². The lowest BCUT2D eigenvalue weighted by molar-refractivity contribution is 0.530. The fourth-order valence-electron chi connectivity index (χ4n) is 2.54. The van der Waals surface area contributed by atoms with Crippen molar-refractivity contribution >= 4 is 38.6 Å². The molecule has 1 atom stereocenters. The number of halogens is 1. The van der Waals surface area contributed by atoms with Crippen molar-refractivity contribution in [2.24, 2.45) is 0 Å². The summed E-state index contributed by atoms with van der Waals surface area (Å²) in [5, 5.41) is 0. The van der Waals surface area contributed by atoms with Gasteiger partial charge in [0.25, 0.3) is 10.0 Å². The van der Waals surface area contributed by atoms with E-state index in [1.54, 1.807) is 6.07 Å². The van der Waals surface area contributed by atoms with Crippen LogP contribution in [0, 0.1) is 0 Å². The highest BCUT2D eigenvalue weighted by atomic mass is 35.5. The number of fused-ring (bicyclic) bond motifs is 1. The maximum Gasteiger partial charge on any atom is 0.250 e. The molecular weight excluding hydrogens is 328 g/mol. The second kappa shape index (κ2) is 5.61. The van der Waals surface area contributed by atoms with Gasteiger partial charge in [-0.25, -0.2) is 13.1 Å². The lowest BCUT2D eigenvalue weighted by Gasteiger charge is -2.33. The zero-order chi connectivity index (χ0) is 15.0. The van der Waals surface area contributed by atoms with E-state index in [1.165, 1.54) is 6.07 Å². The number of benzene rings is 1. The molecule has 21 heavy (non-hydrogen) atoms. The summed E-state index contributed by atoms with van der Waals surface area (Å²) in [4.78, 5) is 2.14. The topological polar surface area (TPSA) is 49.4 Å². The molecule has 0 fully saturated rings. The first-order valence-electron chi connectivity index (χ1n) is 6.55. The minimum absolute atomic E-state index is 0.205. The van der Waals surface area contributed by atoms with Crippen molar-refractivity contribution in [3.05, 3.63) is 46.3 Å². The van der Waals surface area contributed by atoms with Crippen LogP contribution in [-0.2, 0) is 10.0 Å². The third-order valence-electron chi connectivity index (χ3n) is 3.59. The molecule has 0 aliphatic carbocycles. The molecule has 0 amide bonds. The molecule has 1 aromatic carbocycles. The molecule has 7 heteroatoms. The van der Waals surface area contributed by atoms with Crippen molar-refractivity contribution in [1.29, 1.82) is 0 Å². The largest absolute Gasteiger partial charge is 0.374 e. The summed E-state index contributed by atoms with van der Waals surface area (Å²) in [6, 6.07) is 10.8. The van der Waals surface area contributed by atoms with E-state index >= 15 is 0 Å². The summed E-state index contributed by atoms with van der Waals surface area (Å²) >= 11 is 6.90. The highest BCUT2D eigenvalue weighted by Crippen LogP contribution is 2.34. The van der Waals surface area contributed by atoms with Gasteiger partial charge in [0.1, 0.15) is 4.21 Å². The van der Waals surface area contributed by atoms with E-state index in [9.17, 15) is 8.42 Å². The number of nitrogens with one attached hydrogen (secondary N) is 1. The molecule has 2 aromatic rings. The maximum absolute atomic E-state index is 12.4. The van der Waals surface area contributed by atoms with E-state index in [1.807, 2.05) is 31.3 Å². The lowest BCUT2D eigenvalue weighted by atomic mass is 9.98. The summed E-state index contributed by atoms with van der Waals surface area (Å²) in [5.41, 5.74) is 2.08. The van der Waals surface area contributed by atoms with Gasteiger partial charge in [0.2, 0.25) is 0 Å². The van der Waals surface area contributed by atoms with Crippen molar-refractivity contribution in [2.45, 2.75) is 16.7 Å². The third-order valence-corrected chi connectivity index (χ3v) is 6.78. The van der Waals surface area contributed by atoms with E-state index in [0.717, 1.165) is 35.6 Å². The Balaban J connectivity index is 1.91. The monoisotopic (exact) mass is 342 g/mol. The van der Waals surface area contributed by atoms with Gasteiger partial charge in [0, 0.05) is 19.3 Å². The summed E-state index contributed by atoms with van der Waals surface area (Å²) in [7, 11) is -1.52. The maximum atomic E-state index is 12.4. The molecular formula is C14H15ClN2O2S2. The average molecular weight is 343 g/mol. The quantitative estimate of drug-likeness (QED) is 0.931. The Morgan fingerprint density at radius 2 is 2.05 bits per heavy atom. The van der Waals surface area contributed by atoms with Crippen molar-refractivity contribution < 1.29 is 8.42 Å². The Hall–Kier alpha value is -1.08. The standard InChI is InChI=1S/C14H15ClN2O2S2/c1-17-9-8-11(10-4-2-3-5-12(10)17)16-21(18,19)14-7-6-13(15)20-14/h2-7,11,16H,8-9H2,1H3. The van der Waals surface area contributed by atoms with Gasteiger partial charge >= 0.3 is 0 Å². The number of rotatable bonds is 3. The fourth-order valence-corrected chi connectivity index (χ4v) is 5.29. The Kier molecular flexibility index (Phi) is 3.96. The smallest absolute Gasteiger partial charge is 0.250 e. The van der Waals surface area contributed by atoms with Gasteiger partial charge in [-0.2, -0.15) is 0 Å². The van der Waals surface area contributed by atoms with Crippen LogP contribution in [0.3, 0.4) is 0 Å². The molecule has 1 aromatic heterocycles. The number of hydrogen-bond donors (Lipinski definition) is 1. The SMILES string of the molecule is CN1CCC(NS(=O)(=O)c2ccc(Cl)s2)c2ccccc21. The molecule has 1 unspecified atom stereocenters.